The fraction of sp³-hybridized carbons (Fsp3) is 0.259. The monoisotopic (exact) mass is 959 g/mol. The highest BCUT2D eigenvalue weighted by Crippen LogP contribution is 2.37. The van der Waals surface area contributed by atoms with Crippen molar-refractivity contribution >= 4 is 40.2 Å². The molecule has 4 aromatic carbocycles. The van der Waals surface area contributed by atoms with Gasteiger partial charge in [-0.2, -0.15) is 10.2 Å². The van der Waals surface area contributed by atoms with Crippen LogP contribution in [0.15, 0.2) is 121 Å². The predicted molar refractivity (Wildman–Crippen MR) is 276 cm³/mol. The van der Waals surface area contributed by atoms with Gasteiger partial charge in [-0.15, -0.1) is 0 Å². The second kappa shape index (κ2) is 23.1. The summed E-state index contributed by atoms with van der Waals surface area (Å²) in [6, 6.07) is 29.3. The van der Waals surface area contributed by atoms with Gasteiger partial charge in [0.05, 0.1) is 17.0 Å². The summed E-state index contributed by atoms with van der Waals surface area (Å²) in [5, 5.41) is 22.5. The maximum absolute atomic E-state index is 14.3. The Balaban J connectivity index is 0.000000176. The number of para-hydroxylation sites is 2. The Bertz CT molecular complexity index is 3120. The quantitative estimate of drug-likeness (QED) is 0.0280. The Morgan fingerprint density at radius 2 is 1.54 bits per heavy atom. The molecule has 366 valence electrons. The molecule has 1 aliphatic carbocycles. The summed E-state index contributed by atoms with van der Waals surface area (Å²) in [7, 11) is 0. The lowest BCUT2D eigenvalue weighted by molar-refractivity contribution is -0.124. The van der Waals surface area contributed by atoms with Gasteiger partial charge in [0.25, 0.3) is 11.5 Å². The number of halogens is 1. The minimum Gasteiger partial charge on any atom is -0.457 e. The van der Waals surface area contributed by atoms with Crippen LogP contribution >= 0.6 is 0 Å². The van der Waals surface area contributed by atoms with E-state index >= 15 is 0 Å². The molecule has 10 N–H and O–H groups in total. The zero-order valence-electron chi connectivity index (χ0n) is 39.9. The molecule has 1 saturated carbocycles. The molecule has 7 aromatic rings. The first-order valence-corrected chi connectivity index (χ1v) is 23.4. The van der Waals surface area contributed by atoms with Crippen LogP contribution in [-0.2, 0) is 9.59 Å². The van der Waals surface area contributed by atoms with Crippen molar-refractivity contribution in [3.63, 3.8) is 0 Å². The molecule has 0 unspecified atom stereocenters. The van der Waals surface area contributed by atoms with Crippen molar-refractivity contribution in [1.82, 2.24) is 35.2 Å². The number of hydrogen-bond acceptors (Lipinski definition) is 10. The van der Waals surface area contributed by atoms with E-state index in [2.05, 4.69) is 38.9 Å². The molecule has 0 bridgehead atoms. The number of nitrogens with zero attached hydrogens (tertiary/aromatic N) is 4. The number of nitrogens with two attached hydrogens (primary N) is 3. The number of nitrogen functional groups attached to an aromatic ring is 3. The number of aromatic amines is 2. The van der Waals surface area contributed by atoms with Crippen LogP contribution in [0.4, 0.5) is 16.0 Å². The number of anilines is 2. The lowest BCUT2D eigenvalue weighted by Crippen LogP contribution is -2.37. The summed E-state index contributed by atoms with van der Waals surface area (Å²) in [5.74, 6) is 7.39. The molecular formula is C54H58FN11O5. The van der Waals surface area contributed by atoms with Crippen LogP contribution in [0.2, 0.25) is 0 Å². The van der Waals surface area contributed by atoms with Crippen molar-refractivity contribution in [2.24, 2.45) is 5.73 Å². The molecule has 0 radical (unpaired) electrons. The number of nitrogens with one attached hydrogen (secondary N) is 4. The number of aromatic nitrogens is 5. The van der Waals surface area contributed by atoms with E-state index < -0.39 is 5.82 Å². The van der Waals surface area contributed by atoms with Crippen LogP contribution in [-0.4, -0.2) is 66.6 Å². The molecule has 2 aliphatic rings. The number of hydrogen-bond donors (Lipinski definition) is 7. The van der Waals surface area contributed by atoms with Gasteiger partial charge in [0.2, 0.25) is 5.91 Å². The van der Waals surface area contributed by atoms with E-state index in [0.29, 0.717) is 39.5 Å². The van der Waals surface area contributed by atoms with Crippen molar-refractivity contribution in [2.45, 2.75) is 77.3 Å². The topological polar surface area (TPSA) is 249 Å². The van der Waals surface area contributed by atoms with Gasteiger partial charge in [0, 0.05) is 42.0 Å². The van der Waals surface area contributed by atoms with Crippen LogP contribution in [0.3, 0.4) is 0 Å². The van der Waals surface area contributed by atoms with Gasteiger partial charge in [-0.05, 0) is 124 Å². The Labute approximate surface area is 410 Å². The fourth-order valence-corrected chi connectivity index (χ4v) is 8.56. The molecule has 16 nitrogen and oxygen atoms in total. The first-order chi connectivity index (χ1) is 34.3. The Hall–Kier alpha value is -8.65. The van der Waals surface area contributed by atoms with Crippen LogP contribution < -0.4 is 37.6 Å². The van der Waals surface area contributed by atoms with Crippen molar-refractivity contribution in [3.8, 4) is 57.2 Å². The number of H-pyrrole nitrogens is 2. The Kier molecular flexibility index (Phi) is 16.3. The first-order valence-electron chi connectivity index (χ1n) is 23.4. The van der Waals surface area contributed by atoms with Crippen molar-refractivity contribution in [3.05, 3.63) is 143 Å². The van der Waals surface area contributed by atoms with Gasteiger partial charge in [-0.25, -0.2) is 14.2 Å². The number of fused-ring (bicyclic) bond motifs is 1. The molecule has 2 fully saturated rings. The smallest absolute Gasteiger partial charge is 0.298 e. The summed E-state index contributed by atoms with van der Waals surface area (Å²) in [6.07, 6.45) is 8.54. The van der Waals surface area contributed by atoms with Gasteiger partial charge >= 0.3 is 0 Å². The molecule has 4 heterocycles. The van der Waals surface area contributed by atoms with Gasteiger partial charge in [0.15, 0.2) is 17.4 Å². The van der Waals surface area contributed by atoms with Gasteiger partial charge < -0.3 is 41.9 Å². The Morgan fingerprint density at radius 1 is 0.901 bits per heavy atom. The van der Waals surface area contributed by atoms with E-state index in [1.54, 1.807) is 40.9 Å². The van der Waals surface area contributed by atoms with Crippen LogP contribution in [0.1, 0.15) is 82.4 Å². The highest BCUT2D eigenvalue weighted by atomic mass is 19.1. The molecule has 1 saturated heterocycles. The second-order valence-electron chi connectivity index (χ2n) is 17.3. The second-order valence-corrected chi connectivity index (χ2v) is 17.3. The van der Waals surface area contributed by atoms with E-state index in [1.807, 2.05) is 86.6 Å². The molecule has 9 rings (SSSR count). The van der Waals surface area contributed by atoms with Crippen molar-refractivity contribution in [2.75, 3.05) is 24.6 Å². The minimum absolute atomic E-state index is 0.0139. The maximum atomic E-state index is 14.3. The standard InChI is InChI=1S/C25H28N6O2.C21H19FN4O2.C8H11NO/c1-2-21(32)29-17-10-12-18(13-11-17)31-25(28)22(24(26)27)23(30-31)16-8-14-20(15-9-16)33-19-6-4-3-5-7-19;1-11(2)14-4-3-5-16(22)19(14)28-13-8-6-12(7-9-13)15-10-24-18-17(15)20(23)25-26-21(18)27;1-2-5-8(10)9-6-3-4-7-9/h2-9,14-15,17-18H,1,10-13,28H2,(H3,26,27)(H,29,32);3-11,24H,1-2H3,(H2,23,25)(H,26,27);3-4,6-7H2,1H3. The average molecular weight is 960 g/mol. The highest BCUT2D eigenvalue weighted by molar-refractivity contribution is 6.05. The number of amides is 2. The molecular weight excluding hydrogens is 902 g/mol. The number of carbonyl (C=O) groups is 2. The fourth-order valence-electron chi connectivity index (χ4n) is 8.56. The SMILES string of the molecule is C=CC(=O)NC1CCC(n2nc(-c3ccc(Oc4ccccc4)cc3)c(C(=N)N)c2N)CC1.CC#CC(=O)N1CCCC1.CC(C)c1cccc(F)c1Oc1ccc(-c2c[nH]c3c(=O)[nH]nc(N)c23)cc1. The molecule has 2 amide bonds. The van der Waals surface area contributed by atoms with Gasteiger partial charge in [0.1, 0.15) is 40.1 Å². The van der Waals surface area contributed by atoms with Crippen molar-refractivity contribution in [1.29, 1.82) is 5.41 Å². The van der Waals surface area contributed by atoms with Crippen molar-refractivity contribution < 1.29 is 23.5 Å². The van der Waals surface area contributed by atoms with Gasteiger partial charge in [-0.3, -0.25) is 19.8 Å². The number of likely N-dealkylation sites (tertiary alicyclic amines) is 1. The summed E-state index contributed by atoms with van der Waals surface area (Å²) in [4.78, 5) is 39.2. The third kappa shape index (κ3) is 12.2. The number of rotatable bonds is 11. The van der Waals surface area contributed by atoms with E-state index in [9.17, 15) is 18.8 Å². The van der Waals surface area contributed by atoms with Crippen LogP contribution in [0.25, 0.3) is 33.3 Å². The highest BCUT2D eigenvalue weighted by Gasteiger charge is 2.28. The average Bonchev–Trinajstić information content (AvgIpc) is 4.16. The molecule has 0 spiro atoms. The van der Waals surface area contributed by atoms with Crippen LogP contribution in [0.5, 0.6) is 23.0 Å². The minimum atomic E-state index is -0.398. The molecule has 1 aliphatic heterocycles. The lowest BCUT2D eigenvalue weighted by Gasteiger charge is -2.29. The third-order valence-electron chi connectivity index (χ3n) is 12.2. The molecule has 0 atom stereocenters. The number of carbonyl (C=O) groups excluding carboxylic acids is 2. The zero-order chi connectivity index (χ0) is 50.6. The number of benzene rings is 4. The molecule has 3 aromatic heterocycles. The summed E-state index contributed by atoms with van der Waals surface area (Å²) in [5.41, 5.74) is 22.5. The zero-order valence-corrected chi connectivity index (χ0v) is 39.9. The van der Waals surface area contributed by atoms with Crippen LogP contribution in [0, 0.1) is 23.1 Å². The molecule has 71 heavy (non-hydrogen) atoms. The predicted octanol–water partition coefficient (Wildman–Crippen LogP) is 9.18. The summed E-state index contributed by atoms with van der Waals surface area (Å²) < 4.78 is 27.7. The van der Waals surface area contributed by atoms with E-state index in [1.165, 1.54) is 12.1 Å². The first kappa shape index (κ1) is 50.2. The third-order valence-corrected chi connectivity index (χ3v) is 12.2. The summed E-state index contributed by atoms with van der Waals surface area (Å²) in [6.45, 7) is 11.0. The van der Waals surface area contributed by atoms with Gasteiger partial charge in [-0.1, -0.05) is 68.8 Å². The summed E-state index contributed by atoms with van der Waals surface area (Å²) >= 11 is 0. The maximum Gasteiger partial charge on any atom is 0.298 e. The Morgan fingerprint density at radius 3 is 2.15 bits per heavy atom. The van der Waals surface area contributed by atoms with E-state index in [4.69, 9.17) is 37.2 Å². The normalized spacial score (nSPS) is 15.0. The molecule has 17 heteroatoms. The van der Waals surface area contributed by atoms with E-state index in [0.717, 1.165) is 79.6 Å². The van der Waals surface area contributed by atoms with E-state index in [-0.39, 0.29) is 52.8 Å². The lowest BCUT2D eigenvalue weighted by atomic mass is 9.91. The number of amidine groups is 1. The number of ether oxygens (including phenoxy) is 2. The largest absolute Gasteiger partial charge is 0.457 e.